The van der Waals surface area contributed by atoms with Gasteiger partial charge in [-0.15, -0.1) is 0 Å². The van der Waals surface area contributed by atoms with Crippen LogP contribution in [0, 0.1) is 11.8 Å². The molecular formula is C28H48O4. The van der Waals surface area contributed by atoms with Gasteiger partial charge in [-0.2, -0.15) is 0 Å². The van der Waals surface area contributed by atoms with E-state index in [1.807, 2.05) is 19.9 Å². The van der Waals surface area contributed by atoms with Gasteiger partial charge in [0.2, 0.25) is 0 Å². The average Bonchev–Trinajstić information content (AvgIpc) is 2.69. The first-order valence-electron chi connectivity index (χ1n) is 12.6. The number of hydrogen-bond acceptors (Lipinski definition) is 3. The van der Waals surface area contributed by atoms with Crippen LogP contribution in [0.3, 0.4) is 0 Å². The number of carboxylic acid groups (broad SMARTS) is 1. The topological polar surface area (TPSA) is 77.8 Å². The van der Waals surface area contributed by atoms with Crippen LogP contribution in [0.4, 0.5) is 0 Å². The van der Waals surface area contributed by atoms with Crippen LogP contribution in [0.1, 0.15) is 112 Å². The van der Waals surface area contributed by atoms with E-state index in [9.17, 15) is 15.0 Å². The smallest absolute Gasteiger partial charge is 0.306 e. The molecule has 3 N–H and O–H groups in total. The van der Waals surface area contributed by atoms with E-state index >= 15 is 0 Å². The van der Waals surface area contributed by atoms with E-state index in [0.717, 1.165) is 44.1 Å². The van der Waals surface area contributed by atoms with Crippen LogP contribution in [0.5, 0.6) is 0 Å². The van der Waals surface area contributed by atoms with E-state index in [4.69, 9.17) is 5.11 Å². The second kappa shape index (κ2) is 14.0. The molecule has 0 heterocycles. The van der Waals surface area contributed by atoms with E-state index < -0.39 is 17.7 Å². The van der Waals surface area contributed by atoms with Crippen molar-refractivity contribution in [2.75, 3.05) is 0 Å². The summed E-state index contributed by atoms with van der Waals surface area (Å²) in [5, 5.41) is 29.6. The van der Waals surface area contributed by atoms with Gasteiger partial charge in [0.25, 0.3) is 0 Å². The third-order valence-corrected chi connectivity index (χ3v) is 7.18. The lowest BCUT2D eigenvalue weighted by Gasteiger charge is -2.23. The molecule has 0 bridgehead atoms. The summed E-state index contributed by atoms with van der Waals surface area (Å²) in [6.07, 6.45) is 14.3. The molecule has 0 fully saturated rings. The van der Waals surface area contributed by atoms with Crippen molar-refractivity contribution in [3.8, 4) is 0 Å². The molecule has 0 radical (unpaired) electrons. The van der Waals surface area contributed by atoms with Gasteiger partial charge in [-0.05, 0) is 103 Å². The molecule has 0 aliphatic heterocycles. The van der Waals surface area contributed by atoms with Crippen LogP contribution in [0.25, 0.3) is 0 Å². The summed E-state index contributed by atoms with van der Waals surface area (Å²) in [4.78, 5) is 10.9. The van der Waals surface area contributed by atoms with Gasteiger partial charge in [0.05, 0.1) is 17.6 Å². The van der Waals surface area contributed by atoms with E-state index in [1.54, 1.807) is 6.92 Å². The number of allylic oxidation sites excluding steroid dienone is 4. The molecule has 4 heteroatoms. The summed E-state index contributed by atoms with van der Waals surface area (Å²) in [5.74, 6) is -0.418. The van der Waals surface area contributed by atoms with Crippen molar-refractivity contribution in [3.05, 3.63) is 34.4 Å². The number of carbonyl (C=O) groups is 1. The van der Waals surface area contributed by atoms with Crippen molar-refractivity contribution in [2.24, 2.45) is 11.8 Å². The fourth-order valence-electron chi connectivity index (χ4n) is 4.39. The quantitative estimate of drug-likeness (QED) is 0.236. The average molecular weight is 449 g/mol. The first kappa shape index (κ1) is 28.6. The largest absolute Gasteiger partial charge is 0.481 e. The SMILES string of the molecule is CC(=CCCC(C)(O)CCCC(C)C(=O)O)CCCC(C)CCC1=CC(O)C(C)=C(C)C1. The van der Waals surface area contributed by atoms with Gasteiger partial charge in [-0.25, -0.2) is 0 Å². The molecule has 0 saturated carbocycles. The van der Waals surface area contributed by atoms with Crippen LogP contribution in [-0.2, 0) is 4.79 Å². The fraction of sp³-hybridized carbons (Fsp3) is 0.750. The Hall–Kier alpha value is -1.39. The molecular weight excluding hydrogens is 400 g/mol. The lowest BCUT2D eigenvalue weighted by molar-refractivity contribution is -0.141. The predicted octanol–water partition coefficient (Wildman–Crippen LogP) is 6.97. The summed E-state index contributed by atoms with van der Waals surface area (Å²) >= 11 is 0. The molecule has 0 amide bonds. The van der Waals surface area contributed by atoms with Crippen molar-refractivity contribution in [1.29, 1.82) is 0 Å². The van der Waals surface area contributed by atoms with Crippen molar-refractivity contribution >= 4 is 5.97 Å². The molecule has 1 rings (SSSR count). The maximum atomic E-state index is 10.9. The molecule has 0 saturated heterocycles. The molecule has 4 nitrogen and oxygen atoms in total. The summed E-state index contributed by atoms with van der Waals surface area (Å²) in [7, 11) is 0. The molecule has 4 atom stereocenters. The highest BCUT2D eigenvalue weighted by atomic mass is 16.4. The zero-order valence-corrected chi connectivity index (χ0v) is 21.4. The molecule has 4 unspecified atom stereocenters. The number of carboxylic acids is 1. The molecule has 1 aliphatic carbocycles. The number of aliphatic carboxylic acids is 1. The van der Waals surface area contributed by atoms with E-state index in [2.05, 4.69) is 26.8 Å². The normalized spacial score (nSPS) is 21.2. The summed E-state index contributed by atoms with van der Waals surface area (Å²) in [5.41, 5.74) is 4.47. The minimum Gasteiger partial charge on any atom is -0.481 e. The Balaban J connectivity index is 2.22. The van der Waals surface area contributed by atoms with Crippen LogP contribution in [0.15, 0.2) is 34.4 Å². The van der Waals surface area contributed by atoms with Crippen molar-refractivity contribution < 1.29 is 20.1 Å². The van der Waals surface area contributed by atoms with E-state index in [0.29, 0.717) is 18.8 Å². The molecule has 1 aliphatic rings. The summed E-state index contributed by atoms with van der Waals surface area (Å²) in [6.45, 7) is 12.2. The van der Waals surface area contributed by atoms with Gasteiger partial charge < -0.3 is 15.3 Å². The molecule has 0 aromatic rings. The van der Waals surface area contributed by atoms with Crippen LogP contribution in [0.2, 0.25) is 0 Å². The monoisotopic (exact) mass is 448 g/mol. The Kier molecular flexibility index (Phi) is 12.5. The van der Waals surface area contributed by atoms with Gasteiger partial charge >= 0.3 is 5.97 Å². The van der Waals surface area contributed by atoms with Crippen molar-refractivity contribution in [3.63, 3.8) is 0 Å². The Morgan fingerprint density at radius 3 is 2.50 bits per heavy atom. The Morgan fingerprint density at radius 1 is 1.19 bits per heavy atom. The molecule has 32 heavy (non-hydrogen) atoms. The number of aliphatic hydroxyl groups is 2. The fourth-order valence-corrected chi connectivity index (χ4v) is 4.39. The first-order valence-corrected chi connectivity index (χ1v) is 12.6. The molecule has 0 spiro atoms. The lowest BCUT2D eigenvalue weighted by atomic mass is 9.87. The highest BCUT2D eigenvalue weighted by Crippen LogP contribution is 2.29. The van der Waals surface area contributed by atoms with Gasteiger partial charge in [-0.3, -0.25) is 4.79 Å². The van der Waals surface area contributed by atoms with E-state index in [1.165, 1.54) is 36.0 Å². The second-order valence-corrected chi connectivity index (χ2v) is 10.7. The van der Waals surface area contributed by atoms with Gasteiger partial charge in [0.1, 0.15) is 0 Å². The van der Waals surface area contributed by atoms with Crippen LogP contribution in [-0.4, -0.2) is 33.0 Å². The van der Waals surface area contributed by atoms with Crippen LogP contribution < -0.4 is 0 Å². The number of rotatable bonds is 15. The Morgan fingerprint density at radius 2 is 1.88 bits per heavy atom. The van der Waals surface area contributed by atoms with Crippen LogP contribution >= 0.6 is 0 Å². The third kappa shape index (κ3) is 11.5. The summed E-state index contributed by atoms with van der Waals surface area (Å²) in [6, 6.07) is 0. The standard InChI is InChI=1S/C28H48O4/c1-20(12-8-16-28(6,32)17-9-13-22(3)27(30)31)10-7-11-21(2)14-15-25-18-23(4)24(5)26(29)19-25/h12,19,21-22,26,29,32H,7-11,13-18H2,1-6H3,(H,30,31). The molecule has 184 valence electrons. The van der Waals surface area contributed by atoms with Crippen molar-refractivity contribution in [2.45, 2.75) is 124 Å². The zero-order valence-electron chi connectivity index (χ0n) is 21.4. The van der Waals surface area contributed by atoms with Crippen molar-refractivity contribution in [1.82, 2.24) is 0 Å². The second-order valence-electron chi connectivity index (χ2n) is 10.7. The Bertz CT molecular complexity index is 684. The number of aliphatic hydroxyl groups excluding tert-OH is 1. The maximum Gasteiger partial charge on any atom is 0.306 e. The highest BCUT2D eigenvalue weighted by molar-refractivity contribution is 5.69. The number of hydrogen-bond donors (Lipinski definition) is 3. The lowest BCUT2D eigenvalue weighted by Crippen LogP contribution is -2.24. The van der Waals surface area contributed by atoms with Gasteiger partial charge in [-0.1, -0.05) is 49.1 Å². The van der Waals surface area contributed by atoms with E-state index in [-0.39, 0.29) is 5.92 Å². The van der Waals surface area contributed by atoms with Gasteiger partial charge in [0.15, 0.2) is 0 Å². The maximum absolute atomic E-state index is 10.9. The first-order chi connectivity index (χ1) is 14.9. The minimum absolute atomic E-state index is 0.341. The summed E-state index contributed by atoms with van der Waals surface area (Å²) < 4.78 is 0. The van der Waals surface area contributed by atoms with Gasteiger partial charge in [0, 0.05) is 0 Å². The Labute approximate surface area is 196 Å². The highest BCUT2D eigenvalue weighted by Gasteiger charge is 2.20. The minimum atomic E-state index is -0.760. The molecule has 0 aromatic carbocycles. The molecule has 0 aromatic heterocycles. The predicted molar refractivity (Wildman–Crippen MR) is 134 cm³/mol. The third-order valence-electron chi connectivity index (χ3n) is 7.18. The zero-order chi connectivity index (χ0) is 24.3.